The summed E-state index contributed by atoms with van der Waals surface area (Å²) in [7, 11) is 1.69. The number of imidazole rings is 1. The van der Waals surface area contributed by atoms with Crippen LogP contribution in [0.25, 0.3) is 11.3 Å². The van der Waals surface area contributed by atoms with Crippen LogP contribution >= 0.6 is 0 Å². The van der Waals surface area contributed by atoms with E-state index in [0.717, 1.165) is 35.9 Å². The molecule has 0 aliphatic carbocycles. The Kier molecular flexibility index (Phi) is 4.79. The first kappa shape index (κ1) is 14.6. The van der Waals surface area contributed by atoms with Gasteiger partial charge in [0, 0.05) is 5.56 Å². The van der Waals surface area contributed by atoms with Gasteiger partial charge in [-0.1, -0.05) is 25.5 Å². The molecule has 1 aromatic carbocycles. The molecule has 1 aromatic heterocycles. The van der Waals surface area contributed by atoms with Crippen molar-refractivity contribution in [2.45, 2.75) is 27.3 Å². The van der Waals surface area contributed by atoms with Gasteiger partial charge in [-0.2, -0.15) is 0 Å². The van der Waals surface area contributed by atoms with Crippen LogP contribution < -0.4 is 10.1 Å². The fraction of sp³-hybridized carbons (Fsp3) is 0.438. The van der Waals surface area contributed by atoms with Crippen LogP contribution in [0.4, 0.5) is 0 Å². The Morgan fingerprint density at radius 3 is 2.85 bits per heavy atom. The van der Waals surface area contributed by atoms with Crippen molar-refractivity contribution in [2.24, 2.45) is 5.92 Å². The van der Waals surface area contributed by atoms with E-state index in [2.05, 4.69) is 42.1 Å². The van der Waals surface area contributed by atoms with Crippen LogP contribution in [0.5, 0.6) is 5.75 Å². The number of hydrogen-bond acceptors (Lipinski definition) is 3. The Balaban J connectivity index is 2.14. The molecule has 0 aliphatic rings. The third-order valence-electron chi connectivity index (χ3n) is 3.12. The smallest absolute Gasteiger partial charge is 0.128 e. The number of rotatable bonds is 6. The fourth-order valence-electron chi connectivity index (χ4n) is 2.10. The van der Waals surface area contributed by atoms with Crippen molar-refractivity contribution in [3.63, 3.8) is 0 Å². The summed E-state index contributed by atoms with van der Waals surface area (Å²) in [6, 6.07) is 6.14. The largest absolute Gasteiger partial charge is 0.496 e. The Morgan fingerprint density at radius 2 is 2.15 bits per heavy atom. The Labute approximate surface area is 120 Å². The lowest BCUT2D eigenvalue weighted by molar-refractivity contribution is 0.416. The third kappa shape index (κ3) is 3.61. The summed E-state index contributed by atoms with van der Waals surface area (Å²) in [6.45, 7) is 8.21. The topological polar surface area (TPSA) is 49.9 Å². The molecule has 0 aliphatic heterocycles. The molecular weight excluding hydrogens is 250 g/mol. The fourth-order valence-corrected chi connectivity index (χ4v) is 2.10. The summed E-state index contributed by atoms with van der Waals surface area (Å²) in [5, 5.41) is 3.38. The van der Waals surface area contributed by atoms with Crippen LogP contribution in [-0.2, 0) is 6.54 Å². The molecule has 4 heteroatoms. The van der Waals surface area contributed by atoms with Crippen molar-refractivity contribution in [3.05, 3.63) is 35.8 Å². The number of nitrogens with one attached hydrogen (secondary N) is 2. The first-order chi connectivity index (χ1) is 9.60. The molecule has 2 rings (SSSR count). The van der Waals surface area contributed by atoms with E-state index in [0.29, 0.717) is 5.92 Å². The average Bonchev–Trinajstić information content (AvgIpc) is 2.87. The van der Waals surface area contributed by atoms with Gasteiger partial charge in [0.15, 0.2) is 0 Å². The highest BCUT2D eigenvalue weighted by molar-refractivity contribution is 5.67. The number of aryl methyl sites for hydroxylation is 1. The Bertz CT molecular complexity index is 561. The molecule has 0 saturated carbocycles. The number of methoxy groups -OCH3 is 1. The molecule has 0 unspecified atom stereocenters. The van der Waals surface area contributed by atoms with Crippen LogP contribution in [0.2, 0.25) is 0 Å². The molecule has 0 radical (unpaired) electrons. The van der Waals surface area contributed by atoms with E-state index in [-0.39, 0.29) is 0 Å². The number of benzene rings is 1. The number of aromatic nitrogens is 2. The van der Waals surface area contributed by atoms with E-state index in [9.17, 15) is 0 Å². The van der Waals surface area contributed by atoms with Crippen molar-refractivity contribution in [1.29, 1.82) is 0 Å². The normalized spacial score (nSPS) is 11.1. The molecule has 0 atom stereocenters. The molecule has 4 nitrogen and oxygen atoms in total. The van der Waals surface area contributed by atoms with E-state index in [1.165, 1.54) is 5.56 Å². The molecule has 1 heterocycles. The van der Waals surface area contributed by atoms with Gasteiger partial charge >= 0.3 is 0 Å². The molecule has 0 saturated heterocycles. The van der Waals surface area contributed by atoms with Crippen molar-refractivity contribution in [2.75, 3.05) is 13.7 Å². The first-order valence-electron chi connectivity index (χ1n) is 6.99. The van der Waals surface area contributed by atoms with Gasteiger partial charge in [0.05, 0.1) is 25.5 Å². The quantitative estimate of drug-likeness (QED) is 0.850. The van der Waals surface area contributed by atoms with E-state index in [1.807, 2.05) is 18.3 Å². The van der Waals surface area contributed by atoms with E-state index >= 15 is 0 Å². The van der Waals surface area contributed by atoms with Gasteiger partial charge in [-0.25, -0.2) is 4.98 Å². The SMILES string of the molecule is COc1ccc(C)cc1-c1cnc(CNCC(C)C)[nH]1. The predicted molar refractivity (Wildman–Crippen MR) is 81.9 cm³/mol. The Hall–Kier alpha value is -1.81. The minimum atomic E-state index is 0.640. The highest BCUT2D eigenvalue weighted by atomic mass is 16.5. The zero-order valence-corrected chi connectivity index (χ0v) is 12.7. The zero-order valence-electron chi connectivity index (χ0n) is 12.7. The molecule has 0 amide bonds. The standard InChI is InChI=1S/C16H23N3O/c1-11(2)8-17-10-16-18-9-14(19-16)13-7-12(3)5-6-15(13)20-4/h5-7,9,11,17H,8,10H2,1-4H3,(H,18,19). The number of ether oxygens (including phenoxy) is 1. The summed E-state index contributed by atoms with van der Waals surface area (Å²) in [5.74, 6) is 2.45. The van der Waals surface area contributed by atoms with Gasteiger partial charge in [-0.15, -0.1) is 0 Å². The predicted octanol–water partition coefficient (Wildman–Crippen LogP) is 3.14. The number of hydrogen-bond donors (Lipinski definition) is 2. The van der Waals surface area contributed by atoms with Gasteiger partial charge in [-0.05, 0) is 31.5 Å². The lowest BCUT2D eigenvalue weighted by Gasteiger charge is -2.08. The minimum Gasteiger partial charge on any atom is -0.496 e. The van der Waals surface area contributed by atoms with Gasteiger partial charge in [0.2, 0.25) is 0 Å². The molecule has 0 bridgehead atoms. The molecule has 0 spiro atoms. The molecular formula is C16H23N3O. The van der Waals surface area contributed by atoms with Crippen molar-refractivity contribution in [1.82, 2.24) is 15.3 Å². The second-order valence-corrected chi connectivity index (χ2v) is 5.47. The van der Waals surface area contributed by atoms with Crippen LogP contribution in [0.15, 0.2) is 24.4 Å². The second-order valence-electron chi connectivity index (χ2n) is 5.47. The zero-order chi connectivity index (χ0) is 14.5. The maximum Gasteiger partial charge on any atom is 0.128 e. The van der Waals surface area contributed by atoms with E-state index in [4.69, 9.17) is 4.74 Å². The summed E-state index contributed by atoms with van der Waals surface area (Å²) < 4.78 is 5.41. The molecule has 0 fully saturated rings. The van der Waals surface area contributed by atoms with Gasteiger partial charge in [0.1, 0.15) is 11.6 Å². The number of nitrogens with zero attached hydrogens (tertiary/aromatic N) is 1. The highest BCUT2D eigenvalue weighted by Gasteiger charge is 2.09. The third-order valence-corrected chi connectivity index (χ3v) is 3.12. The highest BCUT2D eigenvalue weighted by Crippen LogP contribution is 2.29. The van der Waals surface area contributed by atoms with Crippen molar-refractivity contribution >= 4 is 0 Å². The summed E-state index contributed by atoms with van der Waals surface area (Å²) in [4.78, 5) is 7.77. The summed E-state index contributed by atoms with van der Waals surface area (Å²) in [5.41, 5.74) is 3.25. The van der Waals surface area contributed by atoms with Crippen molar-refractivity contribution < 1.29 is 4.74 Å². The summed E-state index contributed by atoms with van der Waals surface area (Å²) in [6.07, 6.45) is 1.86. The van der Waals surface area contributed by atoms with Crippen LogP contribution in [0.1, 0.15) is 25.2 Å². The maximum absolute atomic E-state index is 5.41. The van der Waals surface area contributed by atoms with Crippen LogP contribution in [0.3, 0.4) is 0 Å². The number of aromatic amines is 1. The minimum absolute atomic E-state index is 0.640. The summed E-state index contributed by atoms with van der Waals surface area (Å²) >= 11 is 0. The molecule has 2 N–H and O–H groups in total. The average molecular weight is 273 g/mol. The first-order valence-corrected chi connectivity index (χ1v) is 6.99. The van der Waals surface area contributed by atoms with Crippen molar-refractivity contribution in [3.8, 4) is 17.0 Å². The van der Waals surface area contributed by atoms with E-state index < -0.39 is 0 Å². The number of H-pyrrole nitrogens is 1. The second kappa shape index (κ2) is 6.57. The lowest BCUT2D eigenvalue weighted by Crippen LogP contribution is -2.19. The van der Waals surface area contributed by atoms with Gasteiger partial charge < -0.3 is 15.0 Å². The van der Waals surface area contributed by atoms with Gasteiger partial charge in [-0.3, -0.25) is 0 Å². The Morgan fingerprint density at radius 1 is 1.35 bits per heavy atom. The maximum atomic E-state index is 5.41. The molecule has 20 heavy (non-hydrogen) atoms. The van der Waals surface area contributed by atoms with Crippen LogP contribution in [-0.4, -0.2) is 23.6 Å². The van der Waals surface area contributed by atoms with E-state index in [1.54, 1.807) is 7.11 Å². The van der Waals surface area contributed by atoms with Crippen LogP contribution in [0, 0.1) is 12.8 Å². The molecule has 2 aromatic rings. The lowest BCUT2D eigenvalue weighted by atomic mass is 10.1. The van der Waals surface area contributed by atoms with Gasteiger partial charge in [0.25, 0.3) is 0 Å². The monoisotopic (exact) mass is 273 g/mol. The molecule has 108 valence electrons.